The Balaban J connectivity index is 3.05. The molecular weight excluding hydrogens is 251 g/mol. The molecule has 7 heteroatoms. The Bertz CT molecular complexity index is 445. The van der Waals surface area contributed by atoms with Crippen molar-refractivity contribution in [2.75, 3.05) is 0 Å². The van der Waals surface area contributed by atoms with E-state index in [4.69, 9.17) is 5.11 Å². The van der Waals surface area contributed by atoms with Crippen molar-refractivity contribution in [1.82, 2.24) is 5.32 Å². The molecule has 0 saturated carbocycles. The molecule has 0 aromatic heterocycles. The minimum atomic E-state index is -4.51. The number of benzene rings is 1. The predicted octanol–water partition coefficient (Wildman–Crippen LogP) is 1.97. The van der Waals surface area contributed by atoms with Crippen molar-refractivity contribution in [3.8, 4) is 0 Å². The van der Waals surface area contributed by atoms with Crippen molar-refractivity contribution in [3.63, 3.8) is 0 Å². The van der Waals surface area contributed by atoms with Gasteiger partial charge in [-0.05, 0) is 17.7 Å². The molecule has 1 aromatic rings. The third-order valence-corrected chi connectivity index (χ3v) is 2.26. The number of alkyl halides is 3. The highest BCUT2D eigenvalue weighted by Crippen LogP contribution is 2.31. The van der Waals surface area contributed by atoms with Crippen molar-refractivity contribution in [2.24, 2.45) is 0 Å². The van der Waals surface area contributed by atoms with Crippen molar-refractivity contribution >= 4 is 12.4 Å². The second-order valence-electron chi connectivity index (χ2n) is 3.56. The number of rotatable bonds is 5. The minimum Gasteiger partial charge on any atom is -0.481 e. The zero-order chi connectivity index (χ0) is 13.8. The molecule has 0 aliphatic rings. The molecule has 98 valence electrons. The lowest BCUT2D eigenvalue weighted by atomic mass is 10.0. The van der Waals surface area contributed by atoms with E-state index < -0.39 is 30.2 Å². The van der Waals surface area contributed by atoms with Crippen LogP contribution in [0.5, 0.6) is 0 Å². The average Bonchev–Trinajstić information content (AvgIpc) is 2.27. The number of carboxylic acids is 1. The first-order valence-electron chi connectivity index (χ1n) is 4.93. The van der Waals surface area contributed by atoms with Gasteiger partial charge >= 0.3 is 12.1 Å². The minimum absolute atomic E-state index is 0.0966. The van der Waals surface area contributed by atoms with Gasteiger partial charge in [-0.15, -0.1) is 0 Å². The molecule has 1 atom stereocenters. The number of carboxylic acid groups (broad SMARTS) is 1. The summed E-state index contributed by atoms with van der Waals surface area (Å²) in [5, 5.41) is 10.8. The van der Waals surface area contributed by atoms with Gasteiger partial charge in [0.15, 0.2) is 0 Å². The van der Waals surface area contributed by atoms with E-state index in [1.165, 1.54) is 12.1 Å². The smallest absolute Gasteiger partial charge is 0.416 e. The molecule has 0 spiro atoms. The molecule has 4 nitrogen and oxygen atoms in total. The lowest BCUT2D eigenvalue weighted by molar-refractivity contribution is -0.138. The predicted molar refractivity (Wildman–Crippen MR) is 55.6 cm³/mol. The SMILES string of the molecule is O=CN[C@H](CC(=O)O)c1cccc(C(F)(F)F)c1. The number of nitrogens with one attached hydrogen (secondary N) is 1. The maximum Gasteiger partial charge on any atom is 0.416 e. The third kappa shape index (κ3) is 3.76. The first kappa shape index (κ1) is 14.0. The Hall–Kier alpha value is -2.05. The molecule has 0 bridgehead atoms. The van der Waals surface area contributed by atoms with Crippen LogP contribution in [0.15, 0.2) is 24.3 Å². The Morgan fingerprint density at radius 2 is 2.11 bits per heavy atom. The van der Waals surface area contributed by atoms with Crippen molar-refractivity contribution in [2.45, 2.75) is 18.6 Å². The van der Waals surface area contributed by atoms with Gasteiger partial charge in [-0.3, -0.25) is 9.59 Å². The molecule has 1 aromatic carbocycles. The lowest BCUT2D eigenvalue weighted by Crippen LogP contribution is -2.22. The summed E-state index contributed by atoms with van der Waals surface area (Å²) in [5.41, 5.74) is -0.789. The summed E-state index contributed by atoms with van der Waals surface area (Å²) in [6.07, 6.45) is -4.74. The van der Waals surface area contributed by atoms with E-state index in [-0.39, 0.29) is 12.0 Å². The molecule has 18 heavy (non-hydrogen) atoms. The van der Waals surface area contributed by atoms with E-state index in [0.29, 0.717) is 0 Å². The van der Waals surface area contributed by atoms with E-state index in [0.717, 1.165) is 12.1 Å². The van der Waals surface area contributed by atoms with Gasteiger partial charge in [0.05, 0.1) is 18.0 Å². The van der Waals surface area contributed by atoms with Crippen LogP contribution in [-0.4, -0.2) is 17.5 Å². The fourth-order valence-electron chi connectivity index (χ4n) is 1.46. The highest BCUT2D eigenvalue weighted by molar-refractivity contribution is 5.68. The largest absolute Gasteiger partial charge is 0.481 e. The maximum absolute atomic E-state index is 12.5. The number of hydrogen-bond donors (Lipinski definition) is 2. The van der Waals surface area contributed by atoms with Gasteiger partial charge in [-0.1, -0.05) is 12.1 Å². The Kier molecular flexibility index (Phi) is 4.30. The van der Waals surface area contributed by atoms with Crippen LogP contribution in [0.2, 0.25) is 0 Å². The first-order chi connectivity index (χ1) is 8.34. The zero-order valence-electron chi connectivity index (χ0n) is 9.07. The highest BCUT2D eigenvalue weighted by atomic mass is 19.4. The number of carbonyl (C=O) groups excluding carboxylic acids is 1. The highest BCUT2D eigenvalue weighted by Gasteiger charge is 2.31. The number of halogens is 3. The molecule has 0 unspecified atom stereocenters. The van der Waals surface area contributed by atoms with Crippen molar-refractivity contribution in [1.29, 1.82) is 0 Å². The number of hydrogen-bond acceptors (Lipinski definition) is 2. The Morgan fingerprint density at radius 1 is 1.44 bits per heavy atom. The Labute approximate surface area is 100 Å². The Morgan fingerprint density at radius 3 is 2.61 bits per heavy atom. The summed E-state index contributed by atoms with van der Waals surface area (Å²) >= 11 is 0. The summed E-state index contributed by atoms with van der Waals surface area (Å²) < 4.78 is 37.4. The summed E-state index contributed by atoms with van der Waals surface area (Å²) in [6, 6.07) is 3.22. The van der Waals surface area contributed by atoms with Crippen LogP contribution in [0.4, 0.5) is 13.2 Å². The van der Waals surface area contributed by atoms with Crippen LogP contribution >= 0.6 is 0 Å². The van der Waals surface area contributed by atoms with Crippen LogP contribution < -0.4 is 5.32 Å². The van der Waals surface area contributed by atoms with Gasteiger partial charge in [0.1, 0.15) is 0 Å². The van der Waals surface area contributed by atoms with Crippen LogP contribution in [0.1, 0.15) is 23.6 Å². The number of aliphatic carboxylic acids is 1. The molecule has 0 saturated heterocycles. The van der Waals surface area contributed by atoms with E-state index in [9.17, 15) is 22.8 Å². The first-order valence-corrected chi connectivity index (χ1v) is 4.93. The average molecular weight is 261 g/mol. The molecular formula is C11H10F3NO3. The van der Waals surface area contributed by atoms with Crippen LogP contribution in [0, 0.1) is 0 Å². The monoisotopic (exact) mass is 261 g/mol. The van der Waals surface area contributed by atoms with Gasteiger partial charge in [0.25, 0.3) is 0 Å². The molecule has 0 aliphatic heterocycles. The topological polar surface area (TPSA) is 66.4 Å². The lowest BCUT2D eigenvalue weighted by Gasteiger charge is -2.16. The molecule has 1 rings (SSSR count). The third-order valence-electron chi connectivity index (χ3n) is 2.26. The van der Waals surface area contributed by atoms with Crippen molar-refractivity contribution in [3.05, 3.63) is 35.4 Å². The van der Waals surface area contributed by atoms with E-state index in [1.54, 1.807) is 0 Å². The second kappa shape index (κ2) is 5.52. The molecule has 0 fully saturated rings. The number of carbonyl (C=O) groups is 2. The number of amides is 1. The normalized spacial score (nSPS) is 12.8. The quantitative estimate of drug-likeness (QED) is 0.796. The van der Waals surface area contributed by atoms with Gasteiger partial charge in [0.2, 0.25) is 6.41 Å². The van der Waals surface area contributed by atoms with Crippen LogP contribution in [0.3, 0.4) is 0 Å². The van der Waals surface area contributed by atoms with Crippen LogP contribution in [-0.2, 0) is 15.8 Å². The standard InChI is InChI=1S/C11H10F3NO3/c12-11(13,14)8-3-1-2-7(4-8)9(15-6-16)5-10(17)18/h1-4,6,9H,5H2,(H,15,16)(H,17,18)/t9-/m1/s1. The van der Waals surface area contributed by atoms with E-state index >= 15 is 0 Å². The molecule has 0 aliphatic carbocycles. The fraction of sp³-hybridized carbons (Fsp3) is 0.273. The molecule has 0 heterocycles. The fourth-order valence-corrected chi connectivity index (χ4v) is 1.46. The van der Waals surface area contributed by atoms with Crippen molar-refractivity contribution < 1.29 is 27.9 Å². The van der Waals surface area contributed by atoms with Gasteiger partial charge in [-0.2, -0.15) is 13.2 Å². The molecule has 0 radical (unpaired) electrons. The van der Waals surface area contributed by atoms with Crippen LogP contribution in [0.25, 0.3) is 0 Å². The zero-order valence-corrected chi connectivity index (χ0v) is 9.07. The summed E-state index contributed by atoms with van der Waals surface area (Å²) in [4.78, 5) is 20.9. The van der Waals surface area contributed by atoms with Gasteiger partial charge < -0.3 is 10.4 Å². The van der Waals surface area contributed by atoms with E-state index in [1.807, 2.05) is 0 Å². The second-order valence-corrected chi connectivity index (χ2v) is 3.56. The maximum atomic E-state index is 12.5. The summed E-state index contributed by atoms with van der Waals surface area (Å²) in [6.45, 7) is 0. The molecule has 2 N–H and O–H groups in total. The van der Waals surface area contributed by atoms with Gasteiger partial charge in [0, 0.05) is 0 Å². The summed E-state index contributed by atoms with van der Waals surface area (Å²) in [5.74, 6) is -1.22. The van der Waals surface area contributed by atoms with E-state index in [2.05, 4.69) is 5.32 Å². The van der Waals surface area contributed by atoms with Gasteiger partial charge in [-0.25, -0.2) is 0 Å². The molecule has 1 amide bonds. The summed E-state index contributed by atoms with van der Waals surface area (Å²) in [7, 11) is 0.